The van der Waals surface area contributed by atoms with Crippen molar-refractivity contribution >= 4 is 11.3 Å². The molecule has 1 N–H and O–H groups in total. The Kier molecular flexibility index (Phi) is 3.20. The first-order chi connectivity index (χ1) is 8.45. The zero-order valence-corrected chi connectivity index (χ0v) is 10.5. The molecule has 2 unspecified atom stereocenters. The molecule has 1 fully saturated rings. The molecular formula is C14H16N2S. The smallest absolute Gasteiger partial charge is 0.0794 e. The number of benzene rings is 1. The normalized spacial score (nSPS) is 24.7. The zero-order chi connectivity index (χ0) is 11.5. The molecule has 2 heterocycles. The first kappa shape index (κ1) is 10.9. The number of thiazole rings is 1. The van der Waals surface area contributed by atoms with Crippen molar-refractivity contribution in [3.63, 3.8) is 0 Å². The molecule has 17 heavy (non-hydrogen) atoms. The molecule has 1 aliphatic rings. The lowest BCUT2D eigenvalue weighted by Crippen LogP contribution is -2.34. The molecule has 0 radical (unpaired) electrons. The summed E-state index contributed by atoms with van der Waals surface area (Å²) in [6, 6.07) is 10.8. The molecule has 0 amide bonds. The van der Waals surface area contributed by atoms with E-state index in [-0.39, 0.29) is 0 Å². The molecular weight excluding hydrogens is 228 g/mol. The summed E-state index contributed by atoms with van der Waals surface area (Å²) < 4.78 is 0. The minimum Gasteiger partial charge on any atom is -0.316 e. The van der Waals surface area contributed by atoms with Crippen molar-refractivity contribution in [2.75, 3.05) is 13.1 Å². The van der Waals surface area contributed by atoms with Crippen molar-refractivity contribution in [2.24, 2.45) is 0 Å². The van der Waals surface area contributed by atoms with Gasteiger partial charge in [0.15, 0.2) is 0 Å². The van der Waals surface area contributed by atoms with Gasteiger partial charge in [-0.1, -0.05) is 30.3 Å². The van der Waals surface area contributed by atoms with Gasteiger partial charge >= 0.3 is 0 Å². The first-order valence-electron chi connectivity index (χ1n) is 6.09. The van der Waals surface area contributed by atoms with Crippen LogP contribution in [0.25, 0.3) is 0 Å². The van der Waals surface area contributed by atoms with Gasteiger partial charge in [-0.3, -0.25) is 0 Å². The molecule has 0 spiro atoms. The summed E-state index contributed by atoms with van der Waals surface area (Å²) in [5.41, 5.74) is 4.64. The number of hydrogen-bond acceptors (Lipinski definition) is 3. The molecule has 2 aromatic rings. The second kappa shape index (κ2) is 4.98. The third-order valence-corrected chi connectivity index (χ3v) is 4.15. The number of rotatable bonds is 2. The van der Waals surface area contributed by atoms with Gasteiger partial charge in [-0.05, 0) is 18.5 Å². The summed E-state index contributed by atoms with van der Waals surface area (Å²) >= 11 is 1.70. The van der Waals surface area contributed by atoms with Gasteiger partial charge in [0.2, 0.25) is 0 Å². The van der Waals surface area contributed by atoms with Gasteiger partial charge in [-0.2, -0.15) is 0 Å². The molecule has 88 valence electrons. The van der Waals surface area contributed by atoms with Crippen molar-refractivity contribution in [2.45, 2.75) is 18.3 Å². The highest BCUT2D eigenvalue weighted by atomic mass is 32.1. The van der Waals surface area contributed by atoms with Crippen LogP contribution in [0.15, 0.2) is 41.2 Å². The molecule has 0 bridgehead atoms. The van der Waals surface area contributed by atoms with E-state index >= 15 is 0 Å². The van der Waals surface area contributed by atoms with Crippen molar-refractivity contribution < 1.29 is 0 Å². The van der Waals surface area contributed by atoms with Crippen LogP contribution in [0.4, 0.5) is 0 Å². The molecule has 2 nitrogen and oxygen atoms in total. The maximum Gasteiger partial charge on any atom is 0.0794 e. The standard InChI is InChI=1S/C14H16N2S/c1-2-4-11(5-3-1)13-8-15-7-6-12(13)14-9-17-10-16-14/h1-5,9-10,12-13,15H,6-8H2. The van der Waals surface area contributed by atoms with E-state index in [2.05, 4.69) is 46.0 Å². The number of nitrogens with zero attached hydrogens (tertiary/aromatic N) is 1. The third kappa shape index (κ3) is 2.26. The molecule has 1 aromatic carbocycles. The average molecular weight is 244 g/mol. The van der Waals surface area contributed by atoms with E-state index in [0.717, 1.165) is 13.1 Å². The van der Waals surface area contributed by atoms with Crippen molar-refractivity contribution in [3.8, 4) is 0 Å². The first-order valence-corrected chi connectivity index (χ1v) is 7.03. The summed E-state index contributed by atoms with van der Waals surface area (Å²) in [6.07, 6.45) is 1.18. The molecule has 0 saturated carbocycles. The Hall–Kier alpha value is -1.19. The van der Waals surface area contributed by atoms with Crippen LogP contribution in [0.3, 0.4) is 0 Å². The molecule has 3 rings (SSSR count). The minimum absolute atomic E-state index is 0.562. The van der Waals surface area contributed by atoms with E-state index < -0.39 is 0 Å². The van der Waals surface area contributed by atoms with Gasteiger partial charge in [0.1, 0.15) is 0 Å². The molecule has 3 heteroatoms. The Balaban J connectivity index is 1.91. The van der Waals surface area contributed by atoms with E-state index in [4.69, 9.17) is 0 Å². The van der Waals surface area contributed by atoms with Crippen molar-refractivity contribution in [3.05, 3.63) is 52.5 Å². The van der Waals surface area contributed by atoms with Crippen LogP contribution in [-0.4, -0.2) is 18.1 Å². The molecule has 1 aliphatic heterocycles. The van der Waals surface area contributed by atoms with Crippen molar-refractivity contribution in [1.29, 1.82) is 0 Å². The van der Waals surface area contributed by atoms with Gasteiger partial charge in [0.25, 0.3) is 0 Å². The quantitative estimate of drug-likeness (QED) is 0.878. The van der Waals surface area contributed by atoms with Gasteiger partial charge < -0.3 is 5.32 Å². The highest BCUT2D eigenvalue weighted by Gasteiger charge is 2.28. The number of aromatic nitrogens is 1. The minimum atomic E-state index is 0.562. The molecule has 1 saturated heterocycles. The van der Waals surface area contributed by atoms with Gasteiger partial charge in [0, 0.05) is 23.8 Å². The Morgan fingerprint density at radius 1 is 1.18 bits per heavy atom. The van der Waals surface area contributed by atoms with E-state index in [0.29, 0.717) is 11.8 Å². The lowest BCUT2D eigenvalue weighted by Gasteiger charge is -2.31. The maximum atomic E-state index is 4.51. The van der Waals surface area contributed by atoms with E-state index in [1.54, 1.807) is 11.3 Å². The third-order valence-electron chi connectivity index (χ3n) is 3.54. The van der Waals surface area contributed by atoms with Crippen LogP contribution in [-0.2, 0) is 0 Å². The summed E-state index contributed by atoms with van der Waals surface area (Å²) in [4.78, 5) is 4.51. The van der Waals surface area contributed by atoms with Gasteiger partial charge in [0.05, 0.1) is 11.2 Å². The summed E-state index contributed by atoms with van der Waals surface area (Å²) in [5.74, 6) is 1.14. The van der Waals surface area contributed by atoms with E-state index in [9.17, 15) is 0 Å². The van der Waals surface area contributed by atoms with E-state index in [1.165, 1.54) is 17.7 Å². The van der Waals surface area contributed by atoms with Crippen LogP contribution in [0.1, 0.15) is 29.5 Å². The topological polar surface area (TPSA) is 24.9 Å². The van der Waals surface area contributed by atoms with Crippen LogP contribution in [0.5, 0.6) is 0 Å². The fourth-order valence-electron chi connectivity index (χ4n) is 2.67. The highest BCUT2D eigenvalue weighted by Crippen LogP contribution is 2.36. The average Bonchev–Trinajstić information content (AvgIpc) is 2.94. The second-order valence-corrected chi connectivity index (χ2v) is 5.25. The maximum absolute atomic E-state index is 4.51. The number of hydrogen-bond donors (Lipinski definition) is 1. The summed E-state index contributed by atoms with van der Waals surface area (Å²) in [5, 5.41) is 5.70. The number of nitrogens with one attached hydrogen (secondary N) is 1. The largest absolute Gasteiger partial charge is 0.316 e. The predicted octanol–water partition coefficient (Wildman–Crippen LogP) is 3.00. The van der Waals surface area contributed by atoms with Gasteiger partial charge in [-0.15, -0.1) is 11.3 Å². The Morgan fingerprint density at radius 2 is 2.06 bits per heavy atom. The zero-order valence-electron chi connectivity index (χ0n) is 9.67. The Morgan fingerprint density at radius 3 is 2.82 bits per heavy atom. The van der Waals surface area contributed by atoms with Crippen LogP contribution < -0.4 is 5.32 Å². The second-order valence-electron chi connectivity index (χ2n) is 4.53. The lowest BCUT2D eigenvalue weighted by atomic mass is 9.80. The fourth-order valence-corrected chi connectivity index (χ4v) is 3.29. The Labute approximate surface area is 106 Å². The molecule has 1 aromatic heterocycles. The molecule has 2 atom stereocenters. The highest BCUT2D eigenvalue weighted by molar-refractivity contribution is 7.07. The molecule has 0 aliphatic carbocycles. The predicted molar refractivity (Wildman–Crippen MR) is 71.5 cm³/mol. The lowest BCUT2D eigenvalue weighted by molar-refractivity contribution is 0.399. The fraction of sp³-hybridized carbons (Fsp3) is 0.357. The van der Waals surface area contributed by atoms with Crippen molar-refractivity contribution in [1.82, 2.24) is 10.3 Å². The number of piperidine rings is 1. The van der Waals surface area contributed by atoms with Crippen LogP contribution in [0.2, 0.25) is 0 Å². The monoisotopic (exact) mass is 244 g/mol. The summed E-state index contributed by atoms with van der Waals surface area (Å²) in [6.45, 7) is 2.16. The summed E-state index contributed by atoms with van der Waals surface area (Å²) in [7, 11) is 0. The van der Waals surface area contributed by atoms with Crippen LogP contribution in [0, 0.1) is 0 Å². The van der Waals surface area contributed by atoms with Crippen LogP contribution >= 0.6 is 11.3 Å². The van der Waals surface area contributed by atoms with E-state index in [1.807, 2.05) is 5.51 Å². The van der Waals surface area contributed by atoms with Gasteiger partial charge in [-0.25, -0.2) is 4.98 Å². The SMILES string of the molecule is c1ccc(C2CNCCC2c2cscn2)cc1. The Bertz CT molecular complexity index is 452.